The van der Waals surface area contributed by atoms with Gasteiger partial charge in [0.25, 0.3) is 5.91 Å². The minimum atomic E-state index is -0.123. The molecular weight excluding hydrogens is 242 g/mol. The maximum absolute atomic E-state index is 12.1. The molecule has 2 rings (SSSR count). The van der Waals surface area contributed by atoms with E-state index in [0.717, 1.165) is 11.3 Å². The second-order valence-electron chi connectivity index (χ2n) is 4.51. The molecule has 2 heterocycles. The summed E-state index contributed by atoms with van der Waals surface area (Å²) < 4.78 is 3.62. The number of nitrogens with two attached hydrogens (primary N) is 1. The molecule has 0 saturated heterocycles. The first-order valence-corrected chi connectivity index (χ1v) is 6.24. The number of nitrogens with one attached hydrogen (secondary N) is 1. The minimum Gasteiger partial charge on any atom is -0.397 e. The van der Waals surface area contributed by atoms with E-state index in [4.69, 9.17) is 5.73 Å². The zero-order valence-corrected chi connectivity index (χ0v) is 11.5. The standard InChI is InChI=1S/C13H19N5O/c1-4-18-8-11(14)5-12(18)13(19)15-6-10-7-16-17(3)9(10)2/h5,7-8H,4,6,14H2,1-3H3,(H,15,19). The Morgan fingerprint density at radius 2 is 2.26 bits per heavy atom. The number of aryl methyl sites for hydroxylation is 2. The van der Waals surface area contributed by atoms with Crippen LogP contribution in [0.25, 0.3) is 0 Å². The molecule has 2 aromatic rings. The van der Waals surface area contributed by atoms with Crippen LogP contribution in [0.1, 0.15) is 28.7 Å². The Bertz CT molecular complexity index is 596. The van der Waals surface area contributed by atoms with Crippen molar-refractivity contribution in [3.8, 4) is 0 Å². The number of hydrogen-bond donors (Lipinski definition) is 2. The van der Waals surface area contributed by atoms with Gasteiger partial charge in [0, 0.05) is 37.6 Å². The Balaban J connectivity index is 2.07. The van der Waals surface area contributed by atoms with E-state index < -0.39 is 0 Å². The van der Waals surface area contributed by atoms with E-state index in [1.807, 2.05) is 25.5 Å². The van der Waals surface area contributed by atoms with Gasteiger partial charge in [-0.2, -0.15) is 5.10 Å². The molecule has 0 aliphatic rings. The maximum Gasteiger partial charge on any atom is 0.268 e. The molecule has 0 saturated carbocycles. The zero-order chi connectivity index (χ0) is 14.0. The summed E-state index contributed by atoms with van der Waals surface area (Å²) in [5, 5.41) is 7.03. The fourth-order valence-corrected chi connectivity index (χ4v) is 1.97. The van der Waals surface area contributed by atoms with Crippen LogP contribution in [-0.2, 0) is 20.1 Å². The van der Waals surface area contributed by atoms with Gasteiger partial charge in [-0.1, -0.05) is 0 Å². The van der Waals surface area contributed by atoms with Crippen LogP contribution in [0.5, 0.6) is 0 Å². The molecule has 0 radical (unpaired) electrons. The highest BCUT2D eigenvalue weighted by atomic mass is 16.1. The van der Waals surface area contributed by atoms with Crippen molar-refractivity contribution in [2.24, 2.45) is 7.05 Å². The molecule has 0 atom stereocenters. The van der Waals surface area contributed by atoms with Crippen LogP contribution in [-0.4, -0.2) is 20.3 Å². The normalized spacial score (nSPS) is 10.7. The molecule has 0 fully saturated rings. The van der Waals surface area contributed by atoms with Crippen LogP contribution >= 0.6 is 0 Å². The average molecular weight is 261 g/mol. The topological polar surface area (TPSA) is 77.9 Å². The Labute approximate surface area is 112 Å². The Morgan fingerprint density at radius 3 is 2.84 bits per heavy atom. The van der Waals surface area contributed by atoms with Gasteiger partial charge < -0.3 is 15.6 Å². The first-order valence-electron chi connectivity index (χ1n) is 6.24. The average Bonchev–Trinajstić information content (AvgIpc) is 2.92. The molecule has 0 spiro atoms. The second-order valence-corrected chi connectivity index (χ2v) is 4.51. The lowest BCUT2D eigenvalue weighted by atomic mass is 10.2. The van der Waals surface area contributed by atoms with Crippen molar-refractivity contribution < 1.29 is 4.79 Å². The summed E-state index contributed by atoms with van der Waals surface area (Å²) in [6.45, 7) is 5.13. The molecule has 2 aromatic heterocycles. The predicted molar refractivity (Wildman–Crippen MR) is 73.6 cm³/mol. The molecule has 6 nitrogen and oxygen atoms in total. The maximum atomic E-state index is 12.1. The van der Waals surface area contributed by atoms with Gasteiger partial charge in [0.05, 0.1) is 11.9 Å². The number of carbonyl (C=O) groups is 1. The fourth-order valence-electron chi connectivity index (χ4n) is 1.97. The summed E-state index contributed by atoms with van der Waals surface area (Å²) in [5.41, 5.74) is 8.96. The van der Waals surface area contributed by atoms with Crippen LogP contribution in [0.15, 0.2) is 18.5 Å². The zero-order valence-electron chi connectivity index (χ0n) is 11.5. The van der Waals surface area contributed by atoms with Gasteiger partial charge in [-0.3, -0.25) is 9.48 Å². The summed E-state index contributed by atoms with van der Waals surface area (Å²) in [6, 6.07) is 1.69. The van der Waals surface area contributed by atoms with E-state index in [0.29, 0.717) is 24.5 Å². The quantitative estimate of drug-likeness (QED) is 0.864. The molecule has 0 unspecified atom stereocenters. The van der Waals surface area contributed by atoms with Crippen molar-refractivity contribution >= 4 is 11.6 Å². The minimum absolute atomic E-state index is 0.123. The summed E-state index contributed by atoms with van der Waals surface area (Å²) in [4.78, 5) is 12.1. The number of aromatic nitrogens is 3. The van der Waals surface area contributed by atoms with Gasteiger partial charge in [-0.25, -0.2) is 0 Å². The molecule has 0 aromatic carbocycles. The van der Waals surface area contributed by atoms with Gasteiger partial charge in [-0.05, 0) is 19.9 Å². The number of hydrogen-bond acceptors (Lipinski definition) is 3. The van der Waals surface area contributed by atoms with Crippen LogP contribution in [0, 0.1) is 6.92 Å². The lowest BCUT2D eigenvalue weighted by Gasteiger charge is -2.07. The van der Waals surface area contributed by atoms with Crippen LogP contribution in [0.4, 0.5) is 5.69 Å². The van der Waals surface area contributed by atoms with Crippen molar-refractivity contribution in [2.75, 3.05) is 5.73 Å². The van der Waals surface area contributed by atoms with Crippen LogP contribution in [0.2, 0.25) is 0 Å². The Kier molecular flexibility index (Phi) is 3.59. The van der Waals surface area contributed by atoms with E-state index >= 15 is 0 Å². The van der Waals surface area contributed by atoms with Crippen molar-refractivity contribution in [2.45, 2.75) is 26.9 Å². The molecule has 1 amide bonds. The molecule has 19 heavy (non-hydrogen) atoms. The van der Waals surface area contributed by atoms with E-state index in [-0.39, 0.29) is 5.91 Å². The summed E-state index contributed by atoms with van der Waals surface area (Å²) >= 11 is 0. The van der Waals surface area contributed by atoms with Gasteiger partial charge >= 0.3 is 0 Å². The van der Waals surface area contributed by atoms with Crippen LogP contribution in [0.3, 0.4) is 0 Å². The van der Waals surface area contributed by atoms with Gasteiger partial charge in [-0.15, -0.1) is 0 Å². The lowest BCUT2D eigenvalue weighted by Crippen LogP contribution is -2.25. The van der Waals surface area contributed by atoms with Gasteiger partial charge in [0.15, 0.2) is 0 Å². The SMILES string of the molecule is CCn1cc(N)cc1C(=O)NCc1cnn(C)c1C. The number of amides is 1. The molecule has 3 N–H and O–H groups in total. The van der Waals surface area contributed by atoms with Crippen molar-refractivity contribution in [3.05, 3.63) is 35.4 Å². The third kappa shape index (κ3) is 2.62. The van der Waals surface area contributed by atoms with E-state index in [9.17, 15) is 4.79 Å². The summed E-state index contributed by atoms with van der Waals surface area (Å²) in [6.07, 6.45) is 3.53. The Morgan fingerprint density at radius 1 is 1.53 bits per heavy atom. The summed E-state index contributed by atoms with van der Waals surface area (Å²) in [7, 11) is 1.88. The van der Waals surface area contributed by atoms with Crippen molar-refractivity contribution in [1.82, 2.24) is 19.7 Å². The van der Waals surface area contributed by atoms with Crippen molar-refractivity contribution in [3.63, 3.8) is 0 Å². The fraction of sp³-hybridized carbons (Fsp3) is 0.385. The van der Waals surface area contributed by atoms with Crippen LogP contribution < -0.4 is 11.1 Å². The Hall–Kier alpha value is -2.24. The highest BCUT2D eigenvalue weighted by Crippen LogP contribution is 2.11. The number of rotatable bonds is 4. The monoisotopic (exact) mass is 261 g/mol. The first kappa shape index (κ1) is 13.2. The van der Waals surface area contributed by atoms with E-state index in [1.165, 1.54) is 0 Å². The largest absolute Gasteiger partial charge is 0.397 e. The molecule has 0 aliphatic heterocycles. The molecule has 0 aliphatic carbocycles. The molecule has 102 valence electrons. The molecular formula is C13H19N5O. The van der Waals surface area contributed by atoms with Gasteiger partial charge in [0.1, 0.15) is 5.69 Å². The predicted octanol–water partition coefficient (Wildman–Crippen LogP) is 1.06. The third-order valence-corrected chi connectivity index (χ3v) is 3.27. The highest BCUT2D eigenvalue weighted by molar-refractivity contribution is 5.93. The highest BCUT2D eigenvalue weighted by Gasteiger charge is 2.12. The van der Waals surface area contributed by atoms with E-state index in [1.54, 1.807) is 23.1 Å². The summed E-state index contributed by atoms with van der Waals surface area (Å²) in [5.74, 6) is -0.123. The molecule has 0 bridgehead atoms. The third-order valence-electron chi connectivity index (χ3n) is 3.27. The van der Waals surface area contributed by atoms with E-state index in [2.05, 4.69) is 10.4 Å². The number of anilines is 1. The first-order chi connectivity index (χ1) is 9.02. The lowest BCUT2D eigenvalue weighted by molar-refractivity contribution is 0.0941. The number of nitrogen functional groups attached to an aromatic ring is 1. The number of carbonyl (C=O) groups excluding carboxylic acids is 1. The smallest absolute Gasteiger partial charge is 0.268 e. The molecule has 6 heteroatoms. The van der Waals surface area contributed by atoms with Gasteiger partial charge in [0.2, 0.25) is 0 Å². The number of nitrogens with zero attached hydrogens (tertiary/aromatic N) is 3. The second kappa shape index (κ2) is 5.17. The van der Waals surface area contributed by atoms with Crippen molar-refractivity contribution in [1.29, 1.82) is 0 Å².